The first kappa shape index (κ1) is 10.6. The summed E-state index contributed by atoms with van der Waals surface area (Å²) >= 11 is 0. The smallest absolute Gasteiger partial charge is 0.0144 e. The van der Waals surface area contributed by atoms with E-state index in [1.54, 1.807) is 0 Å². The van der Waals surface area contributed by atoms with Crippen LogP contribution in [-0.4, -0.2) is 9.97 Å². The molecule has 0 saturated heterocycles. The van der Waals surface area contributed by atoms with Crippen molar-refractivity contribution in [2.75, 3.05) is 0 Å². The molecule has 2 nitrogen and oxygen atoms in total. The monoisotopic (exact) mass is 190 g/mol. The maximum Gasteiger partial charge on any atom is 0.0144 e. The van der Waals surface area contributed by atoms with Gasteiger partial charge in [0, 0.05) is 24.3 Å². The first-order chi connectivity index (χ1) is 6.86. The van der Waals surface area contributed by atoms with Gasteiger partial charge in [0.2, 0.25) is 0 Å². The van der Waals surface area contributed by atoms with Gasteiger partial charge in [-0.2, -0.15) is 0 Å². The number of nitrogens with one attached hydrogen (secondary N) is 2. The molecule has 0 spiro atoms. The van der Waals surface area contributed by atoms with E-state index in [0.717, 1.165) is 12.8 Å². The maximum atomic E-state index is 3.09. The first-order valence-corrected chi connectivity index (χ1v) is 5.10. The molecule has 0 unspecified atom stereocenters. The van der Waals surface area contributed by atoms with Crippen LogP contribution in [0.5, 0.6) is 0 Å². The number of aryl methyl sites for hydroxylation is 2. The Labute approximate surface area is 85.4 Å². The minimum absolute atomic E-state index is 1.10. The van der Waals surface area contributed by atoms with Crippen LogP contribution in [0, 0.1) is 0 Å². The lowest BCUT2D eigenvalue weighted by molar-refractivity contribution is 1.06. The summed E-state index contributed by atoms with van der Waals surface area (Å²) in [6.45, 7) is 4.27. The van der Waals surface area contributed by atoms with Crippen molar-refractivity contribution in [3.05, 3.63) is 48.0 Å². The van der Waals surface area contributed by atoms with E-state index in [0.29, 0.717) is 0 Å². The fourth-order valence-corrected chi connectivity index (χ4v) is 1.17. The molecule has 2 aromatic rings. The minimum Gasteiger partial charge on any atom is -0.367 e. The lowest BCUT2D eigenvalue weighted by atomic mass is 10.3. The standard InChI is InChI=1S/2C6H9N/c1-2-6-3-4-7-5-6;1-2-6-4-3-5-7-6/h2*3-5,7H,2H2,1H3. The van der Waals surface area contributed by atoms with Crippen molar-refractivity contribution in [3.8, 4) is 0 Å². The zero-order valence-electron chi connectivity index (χ0n) is 8.88. The van der Waals surface area contributed by atoms with Crippen molar-refractivity contribution in [2.45, 2.75) is 26.7 Å². The van der Waals surface area contributed by atoms with Crippen molar-refractivity contribution >= 4 is 0 Å². The summed E-state index contributed by atoms with van der Waals surface area (Å²) < 4.78 is 0. The molecular weight excluding hydrogens is 172 g/mol. The third kappa shape index (κ3) is 3.52. The number of hydrogen-bond acceptors (Lipinski definition) is 0. The lowest BCUT2D eigenvalue weighted by Gasteiger charge is -1.81. The average Bonchev–Trinajstić information content (AvgIpc) is 2.92. The second-order valence-electron chi connectivity index (χ2n) is 3.12. The third-order valence-electron chi connectivity index (χ3n) is 2.11. The molecule has 0 aliphatic rings. The Morgan fingerprint density at radius 2 is 1.93 bits per heavy atom. The van der Waals surface area contributed by atoms with Gasteiger partial charge in [0.25, 0.3) is 0 Å². The fraction of sp³-hybridized carbons (Fsp3) is 0.333. The predicted octanol–water partition coefficient (Wildman–Crippen LogP) is 3.15. The summed E-state index contributed by atoms with van der Waals surface area (Å²) in [5, 5.41) is 0. The number of hydrogen-bond donors (Lipinski definition) is 2. The highest BCUT2D eigenvalue weighted by atomic mass is 14.7. The van der Waals surface area contributed by atoms with E-state index in [1.165, 1.54) is 11.3 Å². The van der Waals surface area contributed by atoms with Crippen LogP contribution < -0.4 is 0 Å². The molecule has 0 saturated carbocycles. The van der Waals surface area contributed by atoms with Gasteiger partial charge in [-0.1, -0.05) is 13.8 Å². The average molecular weight is 190 g/mol. The molecule has 2 heterocycles. The highest BCUT2D eigenvalue weighted by molar-refractivity contribution is 5.07. The van der Waals surface area contributed by atoms with Crippen molar-refractivity contribution in [3.63, 3.8) is 0 Å². The van der Waals surface area contributed by atoms with Gasteiger partial charge in [-0.15, -0.1) is 0 Å². The van der Waals surface area contributed by atoms with E-state index in [1.807, 2.05) is 24.7 Å². The summed E-state index contributed by atoms with van der Waals surface area (Å²) in [6.07, 6.45) is 8.13. The summed E-state index contributed by atoms with van der Waals surface area (Å²) in [7, 11) is 0. The van der Waals surface area contributed by atoms with E-state index in [2.05, 4.69) is 35.9 Å². The second-order valence-corrected chi connectivity index (χ2v) is 3.12. The van der Waals surface area contributed by atoms with Crippen LogP contribution in [0.15, 0.2) is 36.8 Å². The topological polar surface area (TPSA) is 31.6 Å². The van der Waals surface area contributed by atoms with Crippen LogP contribution in [-0.2, 0) is 12.8 Å². The summed E-state index contributed by atoms with van der Waals surface area (Å²) in [5.41, 5.74) is 2.68. The van der Waals surface area contributed by atoms with E-state index in [9.17, 15) is 0 Å². The van der Waals surface area contributed by atoms with Crippen LogP contribution in [0.4, 0.5) is 0 Å². The lowest BCUT2D eigenvalue weighted by Crippen LogP contribution is -1.73. The summed E-state index contributed by atoms with van der Waals surface area (Å²) in [6, 6.07) is 6.18. The molecule has 0 fully saturated rings. The molecule has 2 rings (SSSR count). The van der Waals surface area contributed by atoms with Crippen molar-refractivity contribution in [1.29, 1.82) is 0 Å². The largest absolute Gasteiger partial charge is 0.367 e. The van der Waals surface area contributed by atoms with E-state index in [4.69, 9.17) is 0 Å². The third-order valence-corrected chi connectivity index (χ3v) is 2.11. The highest BCUT2D eigenvalue weighted by Crippen LogP contribution is 1.94. The Morgan fingerprint density at radius 3 is 2.21 bits per heavy atom. The first-order valence-electron chi connectivity index (χ1n) is 5.10. The number of aromatic nitrogens is 2. The second kappa shape index (κ2) is 6.08. The van der Waals surface area contributed by atoms with Crippen molar-refractivity contribution in [1.82, 2.24) is 9.97 Å². The Kier molecular flexibility index (Phi) is 4.62. The number of H-pyrrole nitrogens is 2. The van der Waals surface area contributed by atoms with Crippen molar-refractivity contribution in [2.24, 2.45) is 0 Å². The van der Waals surface area contributed by atoms with Gasteiger partial charge < -0.3 is 9.97 Å². The van der Waals surface area contributed by atoms with Gasteiger partial charge in [-0.05, 0) is 36.6 Å². The molecule has 0 atom stereocenters. The van der Waals surface area contributed by atoms with Crippen LogP contribution >= 0.6 is 0 Å². The van der Waals surface area contributed by atoms with Gasteiger partial charge in [0.1, 0.15) is 0 Å². The molecule has 0 radical (unpaired) electrons. The molecule has 14 heavy (non-hydrogen) atoms. The molecule has 2 N–H and O–H groups in total. The SMILES string of the molecule is CCc1cc[nH]c1.CCc1ccc[nH]1. The van der Waals surface area contributed by atoms with E-state index < -0.39 is 0 Å². The Bertz CT molecular complexity index is 272. The Morgan fingerprint density at radius 1 is 1.07 bits per heavy atom. The van der Waals surface area contributed by atoms with Crippen molar-refractivity contribution < 1.29 is 0 Å². The summed E-state index contributed by atoms with van der Waals surface area (Å²) in [4.78, 5) is 6.07. The van der Waals surface area contributed by atoms with Crippen LogP contribution in [0.25, 0.3) is 0 Å². The normalized spacial score (nSPS) is 9.29. The fourth-order valence-electron chi connectivity index (χ4n) is 1.17. The Balaban J connectivity index is 0.000000140. The highest BCUT2D eigenvalue weighted by Gasteiger charge is 1.81. The molecule has 0 aliphatic carbocycles. The Hall–Kier alpha value is -1.44. The summed E-state index contributed by atoms with van der Waals surface area (Å²) in [5.74, 6) is 0. The number of aromatic amines is 2. The van der Waals surface area contributed by atoms with E-state index in [-0.39, 0.29) is 0 Å². The van der Waals surface area contributed by atoms with Crippen LogP contribution in [0.1, 0.15) is 25.1 Å². The minimum atomic E-state index is 1.10. The molecule has 0 aromatic carbocycles. The molecule has 0 amide bonds. The van der Waals surface area contributed by atoms with Gasteiger partial charge in [-0.3, -0.25) is 0 Å². The molecule has 0 bridgehead atoms. The molecule has 76 valence electrons. The van der Waals surface area contributed by atoms with Crippen LogP contribution in [0.3, 0.4) is 0 Å². The van der Waals surface area contributed by atoms with Crippen LogP contribution in [0.2, 0.25) is 0 Å². The quantitative estimate of drug-likeness (QED) is 0.729. The van der Waals surface area contributed by atoms with Gasteiger partial charge in [-0.25, -0.2) is 0 Å². The zero-order valence-corrected chi connectivity index (χ0v) is 8.88. The number of rotatable bonds is 2. The molecule has 2 heteroatoms. The maximum absolute atomic E-state index is 3.09. The molecule has 2 aromatic heterocycles. The predicted molar refractivity (Wildman–Crippen MR) is 60.3 cm³/mol. The molecule has 0 aliphatic heterocycles. The van der Waals surface area contributed by atoms with Gasteiger partial charge in [0.15, 0.2) is 0 Å². The van der Waals surface area contributed by atoms with E-state index >= 15 is 0 Å². The van der Waals surface area contributed by atoms with Gasteiger partial charge >= 0.3 is 0 Å². The van der Waals surface area contributed by atoms with Gasteiger partial charge in [0.05, 0.1) is 0 Å². The molecular formula is C12H18N2. The zero-order chi connectivity index (χ0) is 10.2.